The fourth-order valence-electron chi connectivity index (χ4n) is 1.41. The van der Waals surface area contributed by atoms with Gasteiger partial charge in [-0.2, -0.15) is 0 Å². The van der Waals surface area contributed by atoms with Crippen molar-refractivity contribution in [3.8, 4) is 0 Å². The van der Waals surface area contributed by atoms with Gasteiger partial charge in [-0.3, -0.25) is 4.90 Å². The van der Waals surface area contributed by atoms with Crippen LogP contribution in [0.5, 0.6) is 0 Å². The van der Waals surface area contributed by atoms with Gasteiger partial charge in [0.1, 0.15) is 0 Å². The summed E-state index contributed by atoms with van der Waals surface area (Å²) in [5.41, 5.74) is 1.78. The van der Waals surface area contributed by atoms with Gasteiger partial charge in [0, 0.05) is 12.7 Å². The van der Waals surface area contributed by atoms with E-state index in [-0.39, 0.29) is 6.09 Å². The minimum Gasteiger partial charge on any atom is -0.449 e. The maximum atomic E-state index is 11.6. The number of hydrogen-bond acceptors (Lipinski definition) is 4. The molecule has 2 heterocycles. The van der Waals surface area contributed by atoms with Gasteiger partial charge >= 0.3 is 6.09 Å². The van der Waals surface area contributed by atoms with E-state index in [9.17, 15) is 4.79 Å². The second-order valence-electron chi connectivity index (χ2n) is 3.56. The van der Waals surface area contributed by atoms with Crippen LogP contribution in [0.25, 0.3) is 12.3 Å². The van der Waals surface area contributed by atoms with Crippen molar-refractivity contribution >= 4 is 29.7 Å². The number of hydrogen-bond donors (Lipinski definition) is 0. The van der Waals surface area contributed by atoms with Gasteiger partial charge in [0.25, 0.3) is 0 Å². The van der Waals surface area contributed by atoms with E-state index in [0.29, 0.717) is 13.2 Å². The van der Waals surface area contributed by atoms with Crippen molar-refractivity contribution < 1.29 is 9.53 Å². The van der Waals surface area contributed by atoms with Gasteiger partial charge in [0.05, 0.1) is 22.0 Å². The number of carbonyl (C=O) groups excluding carboxylic acids is 1. The molecule has 0 spiro atoms. The van der Waals surface area contributed by atoms with Crippen LogP contribution in [0.2, 0.25) is 0 Å². The Kier molecular flexibility index (Phi) is 3.56. The van der Waals surface area contributed by atoms with Crippen molar-refractivity contribution in [2.45, 2.75) is 19.8 Å². The standard InChI is InChI=1S/C11H14N2O2S/c1-2-3-6-15-11(14)13-5-4-9-10(7-13)16-8-12-9/h4,7-8H,2-3,5-6H2,1H3. The third kappa shape index (κ3) is 2.41. The molecule has 1 aliphatic heterocycles. The van der Waals surface area contributed by atoms with Crippen molar-refractivity contribution in [2.24, 2.45) is 0 Å². The van der Waals surface area contributed by atoms with Gasteiger partial charge in [-0.15, -0.1) is 11.3 Å². The molecule has 0 aromatic carbocycles. The highest BCUT2D eigenvalue weighted by Gasteiger charge is 2.13. The molecule has 1 aliphatic rings. The lowest BCUT2D eigenvalue weighted by molar-refractivity contribution is 0.123. The van der Waals surface area contributed by atoms with Crippen molar-refractivity contribution in [3.63, 3.8) is 0 Å². The summed E-state index contributed by atoms with van der Waals surface area (Å²) in [6.07, 6.45) is 5.41. The molecule has 86 valence electrons. The highest BCUT2D eigenvalue weighted by molar-refractivity contribution is 7.07. The van der Waals surface area contributed by atoms with Crippen LogP contribution in [0.15, 0.2) is 5.51 Å². The molecule has 16 heavy (non-hydrogen) atoms. The molecule has 0 fully saturated rings. The van der Waals surface area contributed by atoms with E-state index in [1.807, 2.05) is 6.08 Å². The van der Waals surface area contributed by atoms with Crippen molar-refractivity contribution in [2.75, 3.05) is 13.2 Å². The van der Waals surface area contributed by atoms with Crippen LogP contribution in [-0.4, -0.2) is 29.1 Å². The van der Waals surface area contributed by atoms with Crippen LogP contribution < -0.4 is 9.88 Å². The Hall–Kier alpha value is -1.36. The molecule has 0 aliphatic carbocycles. The summed E-state index contributed by atoms with van der Waals surface area (Å²) < 4.78 is 6.15. The second kappa shape index (κ2) is 5.12. The van der Waals surface area contributed by atoms with E-state index in [4.69, 9.17) is 4.74 Å². The van der Waals surface area contributed by atoms with E-state index < -0.39 is 0 Å². The van der Waals surface area contributed by atoms with Gasteiger partial charge in [0.15, 0.2) is 0 Å². The van der Waals surface area contributed by atoms with Crippen molar-refractivity contribution in [3.05, 3.63) is 15.4 Å². The number of ether oxygens (including phenoxy) is 1. The lowest BCUT2D eigenvalue weighted by Crippen LogP contribution is -2.37. The molecule has 1 aromatic rings. The maximum absolute atomic E-state index is 11.6. The first kappa shape index (κ1) is 11.1. The Morgan fingerprint density at radius 3 is 3.38 bits per heavy atom. The third-order valence-electron chi connectivity index (χ3n) is 2.34. The fraction of sp³-hybridized carbons (Fsp3) is 0.455. The summed E-state index contributed by atoms with van der Waals surface area (Å²) in [4.78, 5) is 17.4. The first-order chi connectivity index (χ1) is 7.81. The Morgan fingerprint density at radius 2 is 2.56 bits per heavy atom. The largest absolute Gasteiger partial charge is 0.449 e. The molecule has 0 atom stereocenters. The number of aromatic nitrogens is 1. The van der Waals surface area contributed by atoms with Crippen LogP contribution in [0.4, 0.5) is 4.79 Å². The molecule has 0 unspecified atom stereocenters. The van der Waals surface area contributed by atoms with E-state index >= 15 is 0 Å². The lowest BCUT2D eigenvalue weighted by Gasteiger charge is -2.17. The molecule has 0 N–H and O–H groups in total. The molecule has 1 aromatic heterocycles. The Bertz CT molecular complexity index is 480. The summed E-state index contributed by atoms with van der Waals surface area (Å²) >= 11 is 1.53. The van der Waals surface area contributed by atoms with E-state index in [2.05, 4.69) is 11.9 Å². The average Bonchev–Trinajstić information content (AvgIpc) is 2.76. The molecule has 0 radical (unpaired) electrons. The predicted octanol–water partition coefficient (Wildman–Crippen LogP) is 0.914. The summed E-state index contributed by atoms with van der Waals surface area (Å²) in [6, 6.07) is 0. The van der Waals surface area contributed by atoms with Crippen LogP contribution in [0.1, 0.15) is 19.8 Å². The Labute approximate surface area is 97.9 Å². The SMILES string of the molecule is CCCCOC(=O)N1C=c2scnc2=CC1. The van der Waals surface area contributed by atoms with Gasteiger partial charge in [0.2, 0.25) is 0 Å². The second-order valence-corrected chi connectivity index (χ2v) is 4.44. The van der Waals surface area contributed by atoms with Crippen LogP contribution in [-0.2, 0) is 4.74 Å². The van der Waals surface area contributed by atoms with Crippen LogP contribution in [0.3, 0.4) is 0 Å². The Balaban J connectivity index is 2.00. The van der Waals surface area contributed by atoms with Gasteiger partial charge in [-0.25, -0.2) is 9.78 Å². The topological polar surface area (TPSA) is 42.4 Å². The average molecular weight is 238 g/mol. The molecular formula is C11H14N2O2S. The van der Waals surface area contributed by atoms with E-state index in [1.54, 1.807) is 16.6 Å². The quantitative estimate of drug-likeness (QED) is 0.735. The molecule has 0 bridgehead atoms. The number of thiazole rings is 1. The molecule has 0 saturated carbocycles. The molecule has 5 heteroatoms. The third-order valence-corrected chi connectivity index (χ3v) is 3.12. The van der Waals surface area contributed by atoms with Gasteiger partial charge in [-0.05, 0) is 12.5 Å². The van der Waals surface area contributed by atoms with Crippen LogP contribution >= 0.6 is 11.3 Å². The molecular weight excluding hydrogens is 224 g/mol. The zero-order chi connectivity index (χ0) is 11.4. The fourth-order valence-corrected chi connectivity index (χ4v) is 2.13. The summed E-state index contributed by atoms with van der Waals surface area (Å²) in [7, 11) is 0. The summed E-state index contributed by atoms with van der Waals surface area (Å²) in [5, 5.41) is 0.961. The maximum Gasteiger partial charge on any atom is 0.414 e. The number of amides is 1. The first-order valence-electron chi connectivity index (χ1n) is 5.36. The normalized spacial score (nSPS) is 13.7. The van der Waals surface area contributed by atoms with Crippen molar-refractivity contribution in [1.29, 1.82) is 0 Å². The van der Waals surface area contributed by atoms with Crippen molar-refractivity contribution in [1.82, 2.24) is 9.88 Å². The zero-order valence-corrected chi connectivity index (χ0v) is 10.00. The predicted molar refractivity (Wildman–Crippen MR) is 63.3 cm³/mol. The van der Waals surface area contributed by atoms with Crippen LogP contribution in [0, 0.1) is 0 Å². The molecule has 4 nitrogen and oxygen atoms in total. The highest BCUT2D eigenvalue weighted by Crippen LogP contribution is 2.00. The zero-order valence-electron chi connectivity index (χ0n) is 9.18. The molecule has 1 amide bonds. The van der Waals surface area contributed by atoms with E-state index in [0.717, 1.165) is 22.7 Å². The highest BCUT2D eigenvalue weighted by atomic mass is 32.1. The summed E-state index contributed by atoms with van der Waals surface area (Å²) in [5.74, 6) is 0. The number of carbonyl (C=O) groups is 1. The smallest absolute Gasteiger partial charge is 0.414 e. The van der Waals surface area contributed by atoms with Gasteiger partial charge in [-0.1, -0.05) is 13.3 Å². The first-order valence-corrected chi connectivity index (χ1v) is 6.24. The number of rotatable bonds is 3. The minimum atomic E-state index is -0.274. The summed E-state index contributed by atoms with van der Waals surface area (Å²) in [6.45, 7) is 3.11. The Morgan fingerprint density at radius 1 is 1.69 bits per heavy atom. The van der Waals surface area contributed by atoms with E-state index in [1.165, 1.54) is 11.3 Å². The lowest BCUT2D eigenvalue weighted by atomic mass is 10.4. The minimum absolute atomic E-state index is 0.274. The molecule has 0 saturated heterocycles. The number of fused-ring (bicyclic) bond motifs is 1. The number of unbranched alkanes of at least 4 members (excludes halogenated alkanes) is 1. The van der Waals surface area contributed by atoms with Gasteiger partial charge < -0.3 is 4.74 Å². The number of nitrogens with zero attached hydrogens (tertiary/aromatic N) is 2. The molecule has 2 rings (SSSR count). The monoisotopic (exact) mass is 238 g/mol.